The molecule has 0 aromatic carbocycles. The SMILES string of the molecule is COc1ncccc1CN1C[C@H]2CNC[C@H]2C1. The zero-order valence-corrected chi connectivity index (χ0v) is 10.2. The van der Waals surface area contributed by atoms with Crippen LogP contribution in [-0.4, -0.2) is 43.2 Å². The predicted molar refractivity (Wildman–Crippen MR) is 65.9 cm³/mol. The van der Waals surface area contributed by atoms with Crippen molar-refractivity contribution < 1.29 is 4.74 Å². The van der Waals surface area contributed by atoms with Gasteiger partial charge in [-0.25, -0.2) is 4.98 Å². The van der Waals surface area contributed by atoms with Gasteiger partial charge in [0.05, 0.1) is 7.11 Å². The highest BCUT2D eigenvalue weighted by atomic mass is 16.5. The van der Waals surface area contributed by atoms with Gasteiger partial charge in [0.2, 0.25) is 5.88 Å². The van der Waals surface area contributed by atoms with E-state index >= 15 is 0 Å². The van der Waals surface area contributed by atoms with Crippen molar-refractivity contribution in [3.63, 3.8) is 0 Å². The summed E-state index contributed by atoms with van der Waals surface area (Å²) in [5.41, 5.74) is 1.20. The maximum Gasteiger partial charge on any atom is 0.217 e. The van der Waals surface area contributed by atoms with Crippen LogP contribution in [0.5, 0.6) is 5.88 Å². The number of likely N-dealkylation sites (tertiary alicyclic amines) is 1. The number of pyridine rings is 1. The molecule has 0 bridgehead atoms. The molecule has 1 aromatic rings. The Morgan fingerprint density at radius 1 is 1.41 bits per heavy atom. The van der Waals surface area contributed by atoms with Crippen LogP contribution in [0, 0.1) is 11.8 Å². The topological polar surface area (TPSA) is 37.4 Å². The normalized spacial score (nSPS) is 28.3. The summed E-state index contributed by atoms with van der Waals surface area (Å²) in [6, 6.07) is 4.09. The molecule has 0 amide bonds. The zero-order valence-electron chi connectivity index (χ0n) is 10.2. The molecular weight excluding hydrogens is 214 g/mol. The van der Waals surface area contributed by atoms with Gasteiger partial charge in [-0.2, -0.15) is 0 Å². The van der Waals surface area contributed by atoms with Crippen LogP contribution in [0.25, 0.3) is 0 Å². The van der Waals surface area contributed by atoms with Crippen LogP contribution < -0.4 is 10.1 Å². The summed E-state index contributed by atoms with van der Waals surface area (Å²) in [5.74, 6) is 2.46. The Morgan fingerprint density at radius 2 is 2.18 bits per heavy atom. The van der Waals surface area contributed by atoms with Crippen LogP contribution in [0.2, 0.25) is 0 Å². The summed E-state index contributed by atoms with van der Waals surface area (Å²) in [6.07, 6.45) is 1.78. The highest BCUT2D eigenvalue weighted by Crippen LogP contribution is 2.28. The number of aromatic nitrogens is 1. The molecule has 0 unspecified atom stereocenters. The van der Waals surface area contributed by atoms with Gasteiger partial charge in [-0.05, 0) is 31.0 Å². The minimum Gasteiger partial charge on any atom is -0.481 e. The first-order valence-corrected chi connectivity index (χ1v) is 6.28. The Morgan fingerprint density at radius 3 is 2.88 bits per heavy atom. The average molecular weight is 233 g/mol. The lowest BCUT2D eigenvalue weighted by atomic mass is 10.0. The number of fused-ring (bicyclic) bond motifs is 1. The fourth-order valence-corrected chi connectivity index (χ4v) is 3.05. The lowest BCUT2D eigenvalue weighted by Gasteiger charge is -2.17. The maximum atomic E-state index is 5.30. The van der Waals surface area contributed by atoms with E-state index in [0.29, 0.717) is 0 Å². The monoisotopic (exact) mass is 233 g/mol. The van der Waals surface area contributed by atoms with E-state index in [9.17, 15) is 0 Å². The molecule has 0 aliphatic carbocycles. The molecule has 1 N–H and O–H groups in total. The molecule has 2 aliphatic heterocycles. The van der Waals surface area contributed by atoms with Crippen molar-refractivity contribution in [2.75, 3.05) is 33.3 Å². The molecule has 2 atom stereocenters. The minimum atomic E-state index is 0.766. The van der Waals surface area contributed by atoms with Crippen LogP contribution in [0.3, 0.4) is 0 Å². The first-order valence-electron chi connectivity index (χ1n) is 6.28. The number of hydrogen-bond acceptors (Lipinski definition) is 4. The standard InChI is InChI=1S/C13H19N3O/c1-17-13-10(3-2-4-15-13)7-16-8-11-5-14-6-12(11)9-16/h2-4,11-12,14H,5-9H2,1H3/t11-,12+. The quantitative estimate of drug-likeness (QED) is 0.835. The molecule has 92 valence electrons. The molecule has 2 aliphatic rings. The fourth-order valence-electron chi connectivity index (χ4n) is 3.05. The number of ether oxygens (including phenoxy) is 1. The molecule has 0 spiro atoms. The van der Waals surface area contributed by atoms with Crippen molar-refractivity contribution in [1.82, 2.24) is 15.2 Å². The Hall–Kier alpha value is -1.13. The van der Waals surface area contributed by atoms with E-state index in [4.69, 9.17) is 4.74 Å². The molecule has 4 nitrogen and oxygen atoms in total. The molecule has 2 saturated heterocycles. The van der Waals surface area contributed by atoms with Crippen molar-refractivity contribution in [1.29, 1.82) is 0 Å². The molecule has 4 heteroatoms. The highest BCUT2D eigenvalue weighted by Gasteiger charge is 2.35. The minimum absolute atomic E-state index is 0.766. The van der Waals surface area contributed by atoms with Crippen LogP contribution in [0.4, 0.5) is 0 Å². The molecule has 17 heavy (non-hydrogen) atoms. The van der Waals surface area contributed by atoms with E-state index < -0.39 is 0 Å². The first kappa shape index (κ1) is 11.0. The largest absolute Gasteiger partial charge is 0.481 e. The van der Waals surface area contributed by atoms with Crippen molar-refractivity contribution in [3.8, 4) is 5.88 Å². The lowest BCUT2D eigenvalue weighted by molar-refractivity contribution is 0.296. The number of methoxy groups -OCH3 is 1. The van der Waals surface area contributed by atoms with Crippen LogP contribution in [0.1, 0.15) is 5.56 Å². The van der Waals surface area contributed by atoms with Gasteiger partial charge in [-0.3, -0.25) is 4.90 Å². The van der Waals surface area contributed by atoms with Gasteiger partial charge in [-0.1, -0.05) is 6.07 Å². The third kappa shape index (κ3) is 2.15. The molecule has 2 fully saturated rings. The van der Waals surface area contributed by atoms with Crippen LogP contribution in [0.15, 0.2) is 18.3 Å². The van der Waals surface area contributed by atoms with Crippen molar-refractivity contribution >= 4 is 0 Å². The van der Waals surface area contributed by atoms with E-state index in [1.54, 1.807) is 13.3 Å². The van der Waals surface area contributed by atoms with E-state index in [0.717, 1.165) is 24.3 Å². The van der Waals surface area contributed by atoms with E-state index in [1.807, 2.05) is 6.07 Å². The third-order valence-corrected chi connectivity index (χ3v) is 3.90. The van der Waals surface area contributed by atoms with Gasteiger partial charge in [-0.15, -0.1) is 0 Å². The van der Waals surface area contributed by atoms with Crippen molar-refractivity contribution in [3.05, 3.63) is 23.9 Å². The molecule has 1 aromatic heterocycles. The Kier molecular flexibility index (Phi) is 2.99. The molecule has 0 saturated carbocycles. The summed E-state index contributed by atoms with van der Waals surface area (Å²) in [7, 11) is 1.69. The Balaban J connectivity index is 1.67. The number of nitrogens with one attached hydrogen (secondary N) is 1. The van der Waals surface area contributed by atoms with Gasteiger partial charge in [0.15, 0.2) is 0 Å². The third-order valence-electron chi connectivity index (χ3n) is 3.90. The summed E-state index contributed by atoms with van der Waals surface area (Å²) < 4.78 is 5.30. The van der Waals surface area contributed by atoms with E-state index in [-0.39, 0.29) is 0 Å². The maximum absolute atomic E-state index is 5.30. The summed E-state index contributed by atoms with van der Waals surface area (Å²) in [4.78, 5) is 6.77. The molecule has 3 rings (SSSR count). The van der Waals surface area contributed by atoms with E-state index in [1.165, 1.54) is 31.7 Å². The zero-order chi connectivity index (χ0) is 11.7. The van der Waals surface area contributed by atoms with Crippen molar-refractivity contribution in [2.24, 2.45) is 11.8 Å². The van der Waals surface area contributed by atoms with Crippen molar-refractivity contribution in [2.45, 2.75) is 6.54 Å². The van der Waals surface area contributed by atoms with Crippen LogP contribution >= 0.6 is 0 Å². The second-order valence-corrected chi connectivity index (χ2v) is 5.04. The summed E-state index contributed by atoms with van der Waals surface area (Å²) in [6.45, 7) is 5.74. The van der Waals surface area contributed by atoms with Crippen LogP contribution in [-0.2, 0) is 6.54 Å². The predicted octanol–water partition coefficient (Wildman–Crippen LogP) is 0.741. The molecular formula is C13H19N3O. The number of rotatable bonds is 3. The fraction of sp³-hybridized carbons (Fsp3) is 0.615. The summed E-state index contributed by atoms with van der Waals surface area (Å²) in [5, 5.41) is 3.47. The average Bonchev–Trinajstić information content (AvgIpc) is 2.90. The molecule has 0 radical (unpaired) electrons. The van der Waals surface area contributed by atoms with Gasteiger partial charge in [0.1, 0.15) is 0 Å². The smallest absolute Gasteiger partial charge is 0.217 e. The van der Waals surface area contributed by atoms with Gasteiger partial charge < -0.3 is 10.1 Å². The second kappa shape index (κ2) is 4.63. The van der Waals surface area contributed by atoms with Gasteiger partial charge in [0.25, 0.3) is 0 Å². The highest BCUT2D eigenvalue weighted by molar-refractivity contribution is 5.25. The Bertz CT molecular complexity index is 384. The number of hydrogen-bond donors (Lipinski definition) is 1. The first-order chi connectivity index (χ1) is 8.36. The Labute approximate surface area is 102 Å². The summed E-state index contributed by atoms with van der Waals surface area (Å²) >= 11 is 0. The number of nitrogens with zero attached hydrogens (tertiary/aromatic N) is 2. The van der Waals surface area contributed by atoms with Gasteiger partial charge in [0, 0.05) is 31.4 Å². The lowest BCUT2D eigenvalue weighted by Crippen LogP contribution is -2.25. The molecule has 3 heterocycles. The van der Waals surface area contributed by atoms with E-state index in [2.05, 4.69) is 21.3 Å². The second-order valence-electron chi connectivity index (χ2n) is 5.04. The van der Waals surface area contributed by atoms with Gasteiger partial charge >= 0.3 is 0 Å².